The van der Waals surface area contributed by atoms with Gasteiger partial charge in [-0.3, -0.25) is 9.59 Å². The standard InChI is InChI=1S/C14H23N3O4S/c1-5-17(6-2)22(20,21)12-7-8-14(19)16(9-12)10-13(18)15-11(3)4/h7-9,11H,5-6,10H2,1-4H3,(H,15,18). The number of amides is 1. The van der Waals surface area contributed by atoms with E-state index in [0.29, 0.717) is 13.1 Å². The van der Waals surface area contributed by atoms with Crippen molar-refractivity contribution in [1.82, 2.24) is 14.2 Å². The van der Waals surface area contributed by atoms with Crippen LogP contribution in [0.5, 0.6) is 0 Å². The second-order valence-electron chi connectivity index (χ2n) is 5.14. The molecule has 7 nitrogen and oxygen atoms in total. The van der Waals surface area contributed by atoms with Gasteiger partial charge in [0.2, 0.25) is 15.9 Å². The molecule has 124 valence electrons. The number of sulfonamides is 1. The fourth-order valence-electron chi connectivity index (χ4n) is 2.02. The van der Waals surface area contributed by atoms with Crippen molar-refractivity contribution in [2.45, 2.75) is 45.2 Å². The lowest BCUT2D eigenvalue weighted by molar-refractivity contribution is -0.122. The number of aromatic nitrogens is 1. The van der Waals surface area contributed by atoms with Gasteiger partial charge in [0.25, 0.3) is 5.56 Å². The summed E-state index contributed by atoms with van der Waals surface area (Å²) in [7, 11) is -3.66. The Morgan fingerprint density at radius 2 is 1.86 bits per heavy atom. The zero-order valence-electron chi connectivity index (χ0n) is 13.4. The first-order valence-corrected chi connectivity index (χ1v) is 8.66. The summed E-state index contributed by atoms with van der Waals surface area (Å²) in [5.41, 5.74) is -0.419. The summed E-state index contributed by atoms with van der Waals surface area (Å²) in [6, 6.07) is 2.39. The summed E-state index contributed by atoms with van der Waals surface area (Å²) in [6.45, 7) is 7.57. The molecule has 22 heavy (non-hydrogen) atoms. The Hall–Kier alpha value is -1.67. The largest absolute Gasteiger partial charge is 0.352 e. The molecule has 0 unspecified atom stereocenters. The molecule has 1 heterocycles. The molecule has 0 radical (unpaired) electrons. The first kappa shape index (κ1) is 18.4. The van der Waals surface area contributed by atoms with E-state index in [1.807, 2.05) is 13.8 Å². The summed E-state index contributed by atoms with van der Waals surface area (Å²) < 4.78 is 27.3. The van der Waals surface area contributed by atoms with Crippen molar-refractivity contribution in [2.24, 2.45) is 0 Å². The van der Waals surface area contributed by atoms with E-state index in [0.717, 1.165) is 4.57 Å². The molecule has 0 aliphatic rings. The molecule has 0 fully saturated rings. The lowest BCUT2D eigenvalue weighted by Gasteiger charge is -2.19. The average molecular weight is 329 g/mol. The van der Waals surface area contributed by atoms with Crippen LogP contribution >= 0.6 is 0 Å². The second-order valence-corrected chi connectivity index (χ2v) is 7.08. The van der Waals surface area contributed by atoms with Gasteiger partial charge in [-0.15, -0.1) is 0 Å². The lowest BCUT2D eigenvalue weighted by Crippen LogP contribution is -2.36. The number of hydrogen-bond donors (Lipinski definition) is 1. The Morgan fingerprint density at radius 3 is 2.36 bits per heavy atom. The highest BCUT2D eigenvalue weighted by Crippen LogP contribution is 2.13. The van der Waals surface area contributed by atoms with Crippen LogP contribution < -0.4 is 10.9 Å². The summed E-state index contributed by atoms with van der Waals surface area (Å²) >= 11 is 0. The van der Waals surface area contributed by atoms with E-state index in [1.54, 1.807) is 13.8 Å². The molecular weight excluding hydrogens is 306 g/mol. The summed E-state index contributed by atoms with van der Waals surface area (Å²) in [5, 5.41) is 2.66. The number of carbonyl (C=O) groups is 1. The molecule has 0 aromatic carbocycles. The molecule has 8 heteroatoms. The molecular formula is C14H23N3O4S. The number of rotatable bonds is 7. The maximum absolute atomic E-state index is 12.4. The van der Waals surface area contributed by atoms with Gasteiger partial charge in [0.05, 0.1) is 4.90 Å². The Kier molecular flexibility index (Phi) is 6.31. The molecule has 0 atom stereocenters. The zero-order valence-corrected chi connectivity index (χ0v) is 14.2. The highest BCUT2D eigenvalue weighted by atomic mass is 32.2. The Bertz CT molecular complexity index is 676. The quantitative estimate of drug-likeness (QED) is 0.784. The van der Waals surface area contributed by atoms with Crippen molar-refractivity contribution < 1.29 is 13.2 Å². The van der Waals surface area contributed by atoms with E-state index >= 15 is 0 Å². The predicted octanol–water partition coefficient (Wildman–Crippen LogP) is 0.403. The normalized spacial score (nSPS) is 11.9. The highest BCUT2D eigenvalue weighted by molar-refractivity contribution is 7.89. The van der Waals surface area contributed by atoms with Crippen molar-refractivity contribution in [1.29, 1.82) is 0 Å². The third kappa shape index (κ3) is 4.41. The van der Waals surface area contributed by atoms with E-state index in [-0.39, 0.29) is 23.4 Å². The fraction of sp³-hybridized carbons (Fsp3) is 0.571. The Labute approximate surface area is 131 Å². The smallest absolute Gasteiger partial charge is 0.251 e. The minimum atomic E-state index is -3.66. The molecule has 0 aliphatic heterocycles. The molecule has 0 bridgehead atoms. The molecule has 0 saturated carbocycles. The summed E-state index contributed by atoms with van der Waals surface area (Å²) in [4.78, 5) is 23.6. The third-order valence-electron chi connectivity index (χ3n) is 3.06. The summed E-state index contributed by atoms with van der Waals surface area (Å²) in [6.07, 6.45) is 1.22. The third-order valence-corrected chi connectivity index (χ3v) is 5.10. The molecule has 0 spiro atoms. The maximum atomic E-state index is 12.4. The van der Waals surface area contributed by atoms with Crippen molar-refractivity contribution in [3.63, 3.8) is 0 Å². The van der Waals surface area contributed by atoms with Crippen LogP contribution in [0.4, 0.5) is 0 Å². The SMILES string of the molecule is CCN(CC)S(=O)(=O)c1ccc(=O)n(CC(=O)NC(C)C)c1. The number of nitrogens with one attached hydrogen (secondary N) is 1. The number of nitrogens with zero attached hydrogens (tertiary/aromatic N) is 2. The monoisotopic (exact) mass is 329 g/mol. The van der Waals surface area contributed by atoms with Crippen molar-refractivity contribution in [3.05, 3.63) is 28.7 Å². The Morgan fingerprint density at radius 1 is 1.27 bits per heavy atom. The second kappa shape index (κ2) is 7.55. The van der Waals surface area contributed by atoms with E-state index in [9.17, 15) is 18.0 Å². The van der Waals surface area contributed by atoms with Crippen LogP contribution in [0.3, 0.4) is 0 Å². The van der Waals surface area contributed by atoms with Gasteiger partial charge in [0.1, 0.15) is 6.54 Å². The molecule has 1 amide bonds. The van der Waals surface area contributed by atoms with E-state index < -0.39 is 15.6 Å². The van der Waals surface area contributed by atoms with E-state index in [4.69, 9.17) is 0 Å². The van der Waals surface area contributed by atoms with Gasteiger partial charge in [-0.05, 0) is 19.9 Å². The number of carbonyl (C=O) groups excluding carboxylic acids is 1. The van der Waals surface area contributed by atoms with Crippen LogP contribution in [-0.2, 0) is 21.4 Å². The van der Waals surface area contributed by atoms with Crippen molar-refractivity contribution >= 4 is 15.9 Å². The molecule has 1 aromatic heterocycles. The molecule has 0 aliphatic carbocycles. The maximum Gasteiger partial charge on any atom is 0.251 e. The highest BCUT2D eigenvalue weighted by Gasteiger charge is 2.22. The average Bonchev–Trinajstić information content (AvgIpc) is 2.41. The predicted molar refractivity (Wildman–Crippen MR) is 84.1 cm³/mol. The summed E-state index contributed by atoms with van der Waals surface area (Å²) in [5.74, 6) is -0.338. The van der Waals surface area contributed by atoms with Crippen LogP contribution in [0.15, 0.2) is 28.0 Å². The van der Waals surface area contributed by atoms with Gasteiger partial charge in [0, 0.05) is 31.4 Å². The molecule has 1 aromatic rings. The molecule has 0 saturated heterocycles. The van der Waals surface area contributed by atoms with Gasteiger partial charge in [-0.1, -0.05) is 13.8 Å². The van der Waals surface area contributed by atoms with Gasteiger partial charge in [-0.25, -0.2) is 8.42 Å². The first-order chi connectivity index (χ1) is 10.2. The van der Waals surface area contributed by atoms with E-state index in [2.05, 4.69) is 5.32 Å². The van der Waals surface area contributed by atoms with Crippen LogP contribution in [0, 0.1) is 0 Å². The van der Waals surface area contributed by atoms with Crippen molar-refractivity contribution in [2.75, 3.05) is 13.1 Å². The molecule has 1 N–H and O–H groups in total. The minimum Gasteiger partial charge on any atom is -0.352 e. The van der Waals surface area contributed by atoms with Gasteiger partial charge < -0.3 is 9.88 Å². The van der Waals surface area contributed by atoms with Gasteiger partial charge in [-0.2, -0.15) is 4.31 Å². The topological polar surface area (TPSA) is 88.5 Å². The minimum absolute atomic E-state index is 0.00754. The number of pyridine rings is 1. The number of hydrogen-bond acceptors (Lipinski definition) is 4. The van der Waals surface area contributed by atoms with Crippen LogP contribution in [-0.4, -0.2) is 42.3 Å². The first-order valence-electron chi connectivity index (χ1n) is 7.22. The lowest BCUT2D eigenvalue weighted by atomic mass is 10.4. The van der Waals surface area contributed by atoms with Gasteiger partial charge in [0.15, 0.2) is 0 Å². The van der Waals surface area contributed by atoms with Crippen LogP contribution in [0.1, 0.15) is 27.7 Å². The van der Waals surface area contributed by atoms with Gasteiger partial charge >= 0.3 is 0 Å². The molecule has 1 rings (SSSR count). The van der Waals surface area contributed by atoms with Crippen LogP contribution in [0.25, 0.3) is 0 Å². The van der Waals surface area contributed by atoms with Crippen LogP contribution in [0.2, 0.25) is 0 Å². The zero-order chi connectivity index (χ0) is 16.9. The van der Waals surface area contributed by atoms with Crippen molar-refractivity contribution in [3.8, 4) is 0 Å². The Balaban J connectivity index is 3.14. The fourth-order valence-corrected chi connectivity index (χ4v) is 3.50. The van der Waals surface area contributed by atoms with E-state index in [1.165, 1.54) is 22.6 Å².